The van der Waals surface area contributed by atoms with Gasteiger partial charge in [0, 0.05) is 0 Å². The lowest BCUT2D eigenvalue weighted by molar-refractivity contribution is 0.374. The smallest absolute Gasteiger partial charge is 0.247 e. The molecule has 2 rings (SSSR count). The highest BCUT2D eigenvalue weighted by Gasteiger charge is 2.10. The van der Waals surface area contributed by atoms with Gasteiger partial charge in [-0.05, 0) is 36.2 Å². The van der Waals surface area contributed by atoms with Crippen molar-refractivity contribution >= 4 is 17.3 Å². The molecule has 0 spiro atoms. The minimum absolute atomic E-state index is 0.0743. The highest BCUT2D eigenvalue weighted by Crippen LogP contribution is 2.33. The number of methoxy groups -OCH3 is 1. The predicted molar refractivity (Wildman–Crippen MR) is 69.3 cm³/mol. The van der Waals surface area contributed by atoms with Gasteiger partial charge in [-0.25, -0.2) is 4.98 Å². The Kier molecular flexibility index (Phi) is 3.53. The molecule has 94 valence electrons. The molecule has 0 aliphatic rings. The molecule has 0 bridgehead atoms. The Morgan fingerprint density at radius 1 is 1.28 bits per heavy atom. The summed E-state index contributed by atoms with van der Waals surface area (Å²) >= 11 is 5.69. The molecule has 0 atom stereocenters. The van der Waals surface area contributed by atoms with Gasteiger partial charge in [0.1, 0.15) is 5.69 Å². The van der Waals surface area contributed by atoms with Gasteiger partial charge in [0.25, 0.3) is 0 Å². The predicted octanol–water partition coefficient (Wildman–Crippen LogP) is 2.82. The van der Waals surface area contributed by atoms with E-state index in [1.165, 1.54) is 6.20 Å². The number of nitrogens with zero attached hydrogens (tertiary/aromatic N) is 2. The van der Waals surface area contributed by atoms with Crippen LogP contribution in [0.5, 0.6) is 17.4 Å². The summed E-state index contributed by atoms with van der Waals surface area (Å²) in [5.41, 5.74) is 7.08. The van der Waals surface area contributed by atoms with Crippen LogP contribution in [0.15, 0.2) is 24.4 Å². The van der Waals surface area contributed by atoms with Gasteiger partial charge in [0.15, 0.2) is 11.5 Å². The molecule has 0 saturated carbocycles. The number of nitrogens with two attached hydrogens (primary N) is 1. The average molecular weight is 266 g/mol. The summed E-state index contributed by atoms with van der Waals surface area (Å²) in [6.45, 7) is 1.96. The second kappa shape index (κ2) is 5.10. The van der Waals surface area contributed by atoms with Crippen LogP contribution in [0.4, 0.5) is 5.69 Å². The number of aryl methyl sites for hydroxylation is 1. The van der Waals surface area contributed by atoms with E-state index in [0.717, 1.165) is 5.56 Å². The van der Waals surface area contributed by atoms with Crippen molar-refractivity contribution in [2.24, 2.45) is 0 Å². The van der Waals surface area contributed by atoms with E-state index < -0.39 is 0 Å². The fourth-order valence-corrected chi connectivity index (χ4v) is 1.53. The first-order chi connectivity index (χ1) is 8.60. The summed E-state index contributed by atoms with van der Waals surface area (Å²) in [5.74, 6) is 1.32. The van der Waals surface area contributed by atoms with Crippen LogP contribution in [-0.4, -0.2) is 17.1 Å². The molecule has 6 heteroatoms. The molecule has 0 aliphatic heterocycles. The normalized spacial score (nSPS) is 10.2. The topological polar surface area (TPSA) is 70.3 Å². The second-order valence-electron chi connectivity index (χ2n) is 3.66. The average Bonchev–Trinajstić information content (AvgIpc) is 2.36. The number of hydrogen-bond acceptors (Lipinski definition) is 5. The number of aromatic nitrogens is 2. The Labute approximate surface area is 110 Å². The maximum atomic E-state index is 5.71. The molecule has 0 saturated heterocycles. The molecule has 5 nitrogen and oxygen atoms in total. The number of halogens is 1. The van der Waals surface area contributed by atoms with E-state index in [1.807, 2.05) is 19.1 Å². The number of rotatable bonds is 3. The first-order valence-corrected chi connectivity index (χ1v) is 5.58. The lowest BCUT2D eigenvalue weighted by Gasteiger charge is -2.11. The van der Waals surface area contributed by atoms with Crippen LogP contribution in [0.1, 0.15) is 5.56 Å². The van der Waals surface area contributed by atoms with Gasteiger partial charge >= 0.3 is 0 Å². The molecular weight excluding hydrogens is 254 g/mol. The summed E-state index contributed by atoms with van der Waals surface area (Å²) in [6, 6.07) is 5.54. The molecule has 0 radical (unpaired) electrons. The van der Waals surface area contributed by atoms with E-state index in [4.69, 9.17) is 26.8 Å². The molecule has 0 unspecified atom stereocenters. The Bertz CT molecular complexity index is 575. The van der Waals surface area contributed by atoms with Crippen molar-refractivity contribution in [3.8, 4) is 17.4 Å². The molecule has 0 aliphatic carbocycles. The van der Waals surface area contributed by atoms with Crippen LogP contribution >= 0.6 is 11.6 Å². The van der Waals surface area contributed by atoms with Crippen LogP contribution in [0.2, 0.25) is 5.28 Å². The quantitative estimate of drug-likeness (QED) is 0.864. The molecule has 1 heterocycles. The standard InChI is InChI=1S/C12H12ClN3O2/c1-7-3-4-9(10(5-7)17-2)18-11-8(14)6-15-12(13)16-11/h3-6H,14H2,1-2H3. The Balaban J connectivity index is 2.36. The van der Waals surface area contributed by atoms with E-state index in [2.05, 4.69) is 9.97 Å². The Morgan fingerprint density at radius 3 is 2.78 bits per heavy atom. The van der Waals surface area contributed by atoms with Crippen molar-refractivity contribution in [2.75, 3.05) is 12.8 Å². The fourth-order valence-electron chi connectivity index (χ4n) is 1.40. The number of benzene rings is 1. The van der Waals surface area contributed by atoms with Gasteiger partial charge in [-0.15, -0.1) is 0 Å². The Hall–Kier alpha value is -2.01. The molecular formula is C12H12ClN3O2. The number of ether oxygens (including phenoxy) is 2. The van der Waals surface area contributed by atoms with E-state index >= 15 is 0 Å². The lowest BCUT2D eigenvalue weighted by atomic mass is 10.2. The molecule has 1 aromatic heterocycles. The van der Waals surface area contributed by atoms with Gasteiger partial charge in [-0.3, -0.25) is 0 Å². The minimum atomic E-state index is 0.0743. The monoisotopic (exact) mass is 265 g/mol. The molecule has 2 N–H and O–H groups in total. The van der Waals surface area contributed by atoms with Crippen molar-refractivity contribution in [3.63, 3.8) is 0 Å². The maximum absolute atomic E-state index is 5.71. The summed E-state index contributed by atoms with van der Waals surface area (Å²) in [7, 11) is 1.57. The summed E-state index contributed by atoms with van der Waals surface area (Å²) < 4.78 is 10.8. The van der Waals surface area contributed by atoms with Crippen molar-refractivity contribution in [1.82, 2.24) is 9.97 Å². The van der Waals surface area contributed by atoms with E-state index in [1.54, 1.807) is 13.2 Å². The van der Waals surface area contributed by atoms with Gasteiger partial charge in [-0.1, -0.05) is 6.07 Å². The summed E-state index contributed by atoms with van der Waals surface area (Å²) in [4.78, 5) is 7.67. The van der Waals surface area contributed by atoms with Crippen LogP contribution in [0.3, 0.4) is 0 Å². The molecule has 0 fully saturated rings. The SMILES string of the molecule is COc1cc(C)ccc1Oc1nc(Cl)ncc1N. The zero-order valence-electron chi connectivity index (χ0n) is 9.98. The maximum Gasteiger partial charge on any atom is 0.247 e. The van der Waals surface area contributed by atoms with Crippen LogP contribution < -0.4 is 15.2 Å². The third kappa shape index (κ3) is 2.62. The second-order valence-corrected chi connectivity index (χ2v) is 3.99. The first kappa shape index (κ1) is 12.4. The zero-order valence-corrected chi connectivity index (χ0v) is 10.7. The molecule has 18 heavy (non-hydrogen) atoms. The number of anilines is 1. The van der Waals surface area contributed by atoms with Crippen LogP contribution in [0.25, 0.3) is 0 Å². The van der Waals surface area contributed by atoms with Crippen molar-refractivity contribution in [3.05, 3.63) is 35.2 Å². The molecule has 0 amide bonds. The minimum Gasteiger partial charge on any atom is -0.493 e. The van der Waals surface area contributed by atoms with Gasteiger partial charge < -0.3 is 15.2 Å². The van der Waals surface area contributed by atoms with E-state index in [0.29, 0.717) is 17.2 Å². The van der Waals surface area contributed by atoms with Gasteiger partial charge in [0.2, 0.25) is 11.2 Å². The van der Waals surface area contributed by atoms with Crippen LogP contribution in [0, 0.1) is 6.92 Å². The fraction of sp³-hybridized carbons (Fsp3) is 0.167. The summed E-state index contributed by atoms with van der Waals surface area (Å²) in [6.07, 6.45) is 1.39. The zero-order chi connectivity index (χ0) is 13.1. The molecule has 1 aromatic carbocycles. The number of nitrogen functional groups attached to an aromatic ring is 1. The van der Waals surface area contributed by atoms with E-state index in [-0.39, 0.29) is 11.2 Å². The van der Waals surface area contributed by atoms with Crippen molar-refractivity contribution in [1.29, 1.82) is 0 Å². The Morgan fingerprint density at radius 2 is 2.06 bits per heavy atom. The van der Waals surface area contributed by atoms with E-state index in [9.17, 15) is 0 Å². The largest absolute Gasteiger partial charge is 0.493 e. The molecule has 2 aromatic rings. The third-order valence-electron chi connectivity index (χ3n) is 2.28. The summed E-state index contributed by atoms with van der Waals surface area (Å²) in [5, 5.41) is 0.0743. The third-order valence-corrected chi connectivity index (χ3v) is 2.46. The number of hydrogen-bond donors (Lipinski definition) is 1. The van der Waals surface area contributed by atoms with Crippen LogP contribution in [-0.2, 0) is 0 Å². The highest BCUT2D eigenvalue weighted by atomic mass is 35.5. The van der Waals surface area contributed by atoms with Gasteiger partial charge in [-0.2, -0.15) is 4.98 Å². The highest BCUT2D eigenvalue weighted by molar-refractivity contribution is 6.28. The van der Waals surface area contributed by atoms with Gasteiger partial charge in [0.05, 0.1) is 13.3 Å². The lowest BCUT2D eigenvalue weighted by Crippen LogP contribution is -1.98. The van der Waals surface area contributed by atoms with Crippen molar-refractivity contribution < 1.29 is 9.47 Å². The van der Waals surface area contributed by atoms with Crippen molar-refractivity contribution in [2.45, 2.75) is 6.92 Å². The first-order valence-electron chi connectivity index (χ1n) is 5.20.